The molecule has 5 nitrogen and oxygen atoms in total. The van der Waals surface area contributed by atoms with Crippen molar-refractivity contribution >= 4 is 6.09 Å². The standard InChI is InChI=1S/C17H15FN2O3/c18-11-6-7-14-12(8-11)15-13(9-23-14)16(20(19-15)17(21)22)10-4-2-1-3-5-10/h1-8,13,15-16,19H,9H2,(H,21,22)/t13-,15?,16+/m0/s1. The fourth-order valence-electron chi connectivity index (χ4n) is 3.49. The van der Waals surface area contributed by atoms with E-state index in [1.807, 2.05) is 30.3 Å². The van der Waals surface area contributed by atoms with Crippen LogP contribution in [-0.2, 0) is 0 Å². The van der Waals surface area contributed by atoms with Gasteiger partial charge in [0.25, 0.3) is 0 Å². The van der Waals surface area contributed by atoms with Crippen LogP contribution in [0.3, 0.4) is 0 Å². The van der Waals surface area contributed by atoms with Crippen molar-refractivity contribution in [1.29, 1.82) is 0 Å². The van der Waals surface area contributed by atoms with Crippen molar-refractivity contribution in [3.8, 4) is 5.75 Å². The number of hydrazine groups is 1. The van der Waals surface area contributed by atoms with Crippen molar-refractivity contribution in [3.63, 3.8) is 0 Å². The van der Waals surface area contributed by atoms with Crippen LogP contribution in [-0.4, -0.2) is 22.8 Å². The lowest BCUT2D eigenvalue weighted by molar-refractivity contribution is 0.109. The van der Waals surface area contributed by atoms with E-state index in [4.69, 9.17) is 4.74 Å². The number of rotatable bonds is 1. The van der Waals surface area contributed by atoms with Gasteiger partial charge < -0.3 is 9.84 Å². The molecule has 1 amide bonds. The summed E-state index contributed by atoms with van der Waals surface area (Å²) in [6.45, 7) is 0.375. The first kappa shape index (κ1) is 14.0. The van der Waals surface area contributed by atoms with E-state index in [2.05, 4.69) is 5.43 Å². The van der Waals surface area contributed by atoms with Crippen molar-refractivity contribution in [2.75, 3.05) is 6.61 Å². The number of carbonyl (C=O) groups is 1. The van der Waals surface area contributed by atoms with Gasteiger partial charge in [0, 0.05) is 11.5 Å². The molecular formula is C17H15FN2O3. The number of amides is 1. The lowest BCUT2D eigenvalue weighted by atomic mass is 9.84. The lowest BCUT2D eigenvalue weighted by Crippen LogP contribution is -2.38. The molecule has 1 unspecified atom stereocenters. The summed E-state index contributed by atoms with van der Waals surface area (Å²) in [5, 5.41) is 10.7. The Morgan fingerprint density at radius 2 is 2.04 bits per heavy atom. The third kappa shape index (κ3) is 2.22. The van der Waals surface area contributed by atoms with Crippen LogP contribution < -0.4 is 10.2 Å². The Morgan fingerprint density at radius 1 is 1.26 bits per heavy atom. The van der Waals surface area contributed by atoms with Crippen LogP contribution in [0.1, 0.15) is 23.2 Å². The van der Waals surface area contributed by atoms with Crippen LogP contribution >= 0.6 is 0 Å². The highest BCUT2D eigenvalue weighted by Crippen LogP contribution is 2.47. The Morgan fingerprint density at radius 3 is 2.78 bits per heavy atom. The molecule has 2 aromatic carbocycles. The third-order valence-electron chi connectivity index (χ3n) is 4.48. The van der Waals surface area contributed by atoms with Crippen molar-refractivity contribution in [1.82, 2.24) is 10.4 Å². The second-order valence-corrected chi connectivity index (χ2v) is 5.77. The molecule has 2 aliphatic heterocycles. The zero-order valence-electron chi connectivity index (χ0n) is 12.1. The summed E-state index contributed by atoms with van der Waals surface area (Å²) in [5.74, 6) is 0.113. The van der Waals surface area contributed by atoms with Crippen molar-refractivity contribution in [2.45, 2.75) is 12.1 Å². The van der Waals surface area contributed by atoms with Gasteiger partial charge in [0.15, 0.2) is 0 Å². The Hall–Kier alpha value is -2.60. The number of hydrogen-bond donors (Lipinski definition) is 2. The largest absolute Gasteiger partial charge is 0.493 e. The summed E-state index contributed by atoms with van der Waals surface area (Å²) in [6, 6.07) is 13.1. The van der Waals surface area contributed by atoms with Crippen LogP contribution in [0.25, 0.3) is 0 Å². The molecule has 23 heavy (non-hydrogen) atoms. The zero-order valence-corrected chi connectivity index (χ0v) is 12.1. The normalized spacial score (nSPS) is 25.4. The number of nitrogens with zero attached hydrogens (tertiary/aromatic N) is 1. The average molecular weight is 314 g/mol. The molecule has 2 aromatic rings. The second kappa shape index (κ2) is 5.24. The van der Waals surface area contributed by atoms with E-state index in [-0.39, 0.29) is 23.8 Å². The van der Waals surface area contributed by atoms with Crippen LogP contribution in [0.4, 0.5) is 9.18 Å². The minimum absolute atomic E-state index is 0.122. The maximum absolute atomic E-state index is 13.6. The molecule has 2 N–H and O–H groups in total. The number of benzene rings is 2. The van der Waals surface area contributed by atoms with Crippen molar-refractivity contribution < 1.29 is 19.0 Å². The summed E-state index contributed by atoms with van der Waals surface area (Å²) in [7, 11) is 0. The summed E-state index contributed by atoms with van der Waals surface area (Å²) in [4.78, 5) is 11.7. The SMILES string of the molecule is O=C(O)N1NC2c3cc(F)ccc3OC[C@@H]2[C@H]1c1ccccc1. The highest BCUT2D eigenvalue weighted by atomic mass is 19.1. The molecule has 4 rings (SSSR count). The Bertz CT molecular complexity index is 753. The number of ether oxygens (including phenoxy) is 1. The van der Waals surface area contributed by atoms with Crippen LogP contribution in [0.15, 0.2) is 48.5 Å². The van der Waals surface area contributed by atoms with Gasteiger partial charge in [-0.05, 0) is 23.8 Å². The van der Waals surface area contributed by atoms with Gasteiger partial charge in [0.2, 0.25) is 0 Å². The summed E-state index contributed by atoms with van der Waals surface area (Å²) in [6.07, 6.45) is -1.06. The molecule has 2 aliphatic rings. The molecule has 1 fully saturated rings. The van der Waals surface area contributed by atoms with Gasteiger partial charge in [0.05, 0.1) is 18.7 Å². The van der Waals surface area contributed by atoms with E-state index < -0.39 is 6.09 Å². The maximum Gasteiger partial charge on any atom is 0.422 e. The summed E-state index contributed by atoms with van der Waals surface area (Å²) in [5.41, 5.74) is 4.56. The minimum atomic E-state index is -1.06. The third-order valence-corrected chi connectivity index (χ3v) is 4.48. The second-order valence-electron chi connectivity index (χ2n) is 5.77. The molecular weight excluding hydrogens is 299 g/mol. The molecule has 0 spiro atoms. The number of carboxylic acid groups (broad SMARTS) is 1. The van der Waals surface area contributed by atoms with Crippen LogP contribution in [0.2, 0.25) is 0 Å². The molecule has 118 valence electrons. The van der Waals surface area contributed by atoms with Gasteiger partial charge in [-0.25, -0.2) is 19.6 Å². The van der Waals surface area contributed by atoms with Gasteiger partial charge in [0.1, 0.15) is 11.6 Å². The molecule has 3 atom stereocenters. The fraction of sp³-hybridized carbons (Fsp3) is 0.235. The topological polar surface area (TPSA) is 61.8 Å². The van der Waals surface area contributed by atoms with Gasteiger partial charge in [-0.3, -0.25) is 0 Å². The number of halogens is 1. The fourth-order valence-corrected chi connectivity index (χ4v) is 3.49. The Labute approximate surface area is 132 Å². The molecule has 0 saturated carbocycles. The molecule has 1 saturated heterocycles. The average Bonchev–Trinajstić information content (AvgIpc) is 2.96. The maximum atomic E-state index is 13.6. The van der Waals surface area contributed by atoms with Crippen molar-refractivity contribution in [2.24, 2.45) is 5.92 Å². The van der Waals surface area contributed by atoms with Gasteiger partial charge in [-0.2, -0.15) is 0 Å². The van der Waals surface area contributed by atoms with Crippen LogP contribution in [0, 0.1) is 11.7 Å². The van der Waals surface area contributed by atoms with E-state index in [1.54, 1.807) is 6.07 Å². The van der Waals surface area contributed by atoms with Crippen molar-refractivity contribution in [3.05, 3.63) is 65.5 Å². The molecule has 0 radical (unpaired) electrons. The van der Waals surface area contributed by atoms with E-state index in [9.17, 15) is 14.3 Å². The lowest BCUT2D eigenvalue weighted by Gasteiger charge is -2.30. The zero-order chi connectivity index (χ0) is 16.0. The summed E-state index contributed by atoms with van der Waals surface area (Å²) >= 11 is 0. The molecule has 0 aliphatic carbocycles. The van der Waals surface area contributed by atoms with Crippen LogP contribution in [0.5, 0.6) is 5.75 Å². The highest BCUT2D eigenvalue weighted by Gasteiger charge is 2.48. The smallest absolute Gasteiger partial charge is 0.422 e. The van der Waals surface area contributed by atoms with E-state index in [0.717, 1.165) is 5.56 Å². The van der Waals surface area contributed by atoms with Gasteiger partial charge in [-0.15, -0.1) is 0 Å². The van der Waals surface area contributed by atoms with Gasteiger partial charge >= 0.3 is 6.09 Å². The number of fused-ring (bicyclic) bond motifs is 3. The van der Waals surface area contributed by atoms with E-state index in [0.29, 0.717) is 17.9 Å². The number of hydrogen-bond acceptors (Lipinski definition) is 3. The quantitative estimate of drug-likeness (QED) is 0.849. The molecule has 0 aromatic heterocycles. The first-order chi connectivity index (χ1) is 11.1. The monoisotopic (exact) mass is 314 g/mol. The van der Waals surface area contributed by atoms with E-state index >= 15 is 0 Å². The predicted molar refractivity (Wildman–Crippen MR) is 80.3 cm³/mol. The Balaban J connectivity index is 1.78. The first-order valence-electron chi connectivity index (χ1n) is 7.40. The minimum Gasteiger partial charge on any atom is -0.493 e. The van der Waals surface area contributed by atoms with Gasteiger partial charge in [-0.1, -0.05) is 30.3 Å². The highest BCUT2D eigenvalue weighted by molar-refractivity contribution is 5.66. The van der Waals surface area contributed by atoms with E-state index in [1.165, 1.54) is 17.1 Å². The predicted octanol–water partition coefficient (Wildman–Crippen LogP) is 3.11. The number of nitrogens with one attached hydrogen (secondary N) is 1. The Kier molecular flexibility index (Phi) is 3.20. The summed E-state index contributed by atoms with van der Waals surface area (Å²) < 4.78 is 19.4. The first-order valence-corrected chi connectivity index (χ1v) is 7.40. The molecule has 0 bridgehead atoms. The molecule has 2 heterocycles. The molecule has 6 heteroatoms.